The number of aliphatic hydroxyl groups is 1. The van der Waals surface area contributed by atoms with E-state index in [-0.39, 0.29) is 0 Å². The number of nitrogens with zero attached hydrogens (tertiary/aromatic N) is 2. The predicted molar refractivity (Wildman–Crippen MR) is 62.4 cm³/mol. The molecule has 1 aromatic carbocycles. The first-order chi connectivity index (χ1) is 8.27. The molecule has 0 aliphatic heterocycles. The van der Waals surface area contributed by atoms with Crippen LogP contribution in [0.25, 0.3) is 0 Å². The molecule has 0 spiro atoms. The molecular weight excluding hydrogens is 218 g/mol. The van der Waals surface area contributed by atoms with Gasteiger partial charge in [-0.2, -0.15) is 0 Å². The van der Waals surface area contributed by atoms with Crippen LogP contribution in [0.2, 0.25) is 0 Å². The SMILES string of the molecule is O=C(c1ccccc1)C(O)Nc1cnccn1. The molecule has 1 atom stereocenters. The second-order valence-corrected chi connectivity index (χ2v) is 3.37. The fourth-order valence-corrected chi connectivity index (χ4v) is 1.34. The molecule has 0 radical (unpaired) electrons. The summed E-state index contributed by atoms with van der Waals surface area (Å²) in [5.74, 6) is -0.0551. The van der Waals surface area contributed by atoms with Crippen molar-refractivity contribution in [1.82, 2.24) is 9.97 Å². The summed E-state index contributed by atoms with van der Waals surface area (Å²) in [5.41, 5.74) is 0.441. The van der Waals surface area contributed by atoms with Gasteiger partial charge in [-0.15, -0.1) is 0 Å². The minimum absolute atomic E-state index is 0.351. The van der Waals surface area contributed by atoms with Crippen molar-refractivity contribution in [2.45, 2.75) is 6.23 Å². The average Bonchev–Trinajstić information content (AvgIpc) is 2.40. The van der Waals surface area contributed by atoms with E-state index in [0.29, 0.717) is 11.4 Å². The maximum atomic E-state index is 11.8. The van der Waals surface area contributed by atoms with Crippen molar-refractivity contribution in [3.05, 3.63) is 54.5 Å². The van der Waals surface area contributed by atoms with Crippen LogP contribution in [0.15, 0.2) is 48.9 Å². The zero-order chi connectivity index (χ0) is 12.1. The number of aliphatic hydroxyl groups excluding tert-OH is 1. The van der Waals surface area contributed by atoms with E-state index < -0.39 is 12.0 Å². The van der Waals surface area contributed by atoms with Gasteiger partial charge in [-0.25, -0.2) is 4.98 Å². The van der Waals surface area contributed by atoms with Crippen LogP contribution in [0.5, 0.6) is 0 Å². The number of hydrogen-bond donors (Lipinski definition) is 2. The highest BCUT2D eigenvalue weighted by atomic mass is 16.3. The third kappa shape index (κ3) is 2.85. The van der Waals surface area contributed by atoms with Crippen LogP contribution in [-0.2, 0) is 0 Å². The number of nitrogens with one attached hydrogen (secondary N) is 1. The fourth-order valence-electron chi connectivity index (χ4n) is 1.34. The molecule has 0 fully saturated rings. The molecule has 86 valence electrons. The van der Waals surface area contributed by atoms with Crippen LogP contribution in [0.3, 0.4) is 0 Å². The maximum Gasteiger partial charge on any atom is 0.211 e. The Morgan fingerprint density at radius 3 is 2.65 bits per heavy atom. The number of carbonyl (C=O) groups is 1. The van der Waals surface area contributed by atoms with E-state index in [2.05, 4.69) is 15.3 Å². The van der Waals surface area contributed by atoms with Crippen LogP contribution in [0.4, 0.5) is 5.82 Å². The third-order valence-corrected chi connectivity index (χ3v) is 2.15. The summed E-state index contributed by atoms with van der Waals surface area (Å²) in [7, 11) is 0. The molecule has 0 aliphatic carbocycles. The van der Waals surface area contributed by atoms with E-state index >= 15 is 0 Å². The second-order valence-electron chi connectivity index (χ2n) is 3.37. The third-order valence-electron chi connectivity index (χ3n) is 2.15. The lowest BCUT2D eigenvalue weighted by Crippen LogP contribution is -2.29. The zero-order valence-corrected chi connectivity index (χ0v) is 8.95. The van der Waals surface area contributed by atoms with E-state index in [0.717, 1.165) is 0 Å². The highest BCUT2D eigenvalue weighted by molar-refractivity contribution is 6.00. The number of Topliss-reactive ketones (excluding diaryl/α,β-unsaturated/α-hetero) is 1. The molecular formula is C12H11N3O2. The summed E-state index contributed by atoms with van der Waals surface area (Å²) in [6, 6.07) is 8.57. The van der Waals surface area contributed by atoms with Gasteiger partial charge in [-0.3, -0.25) is 9.78 Å². The molecule has 2 rings (SSSR count). The Morgan fingerprint density at radius 2 is 2.00 bits per heavy atom. The molecule has 0 amide bonds. The number of carbonyl (C=O) groups excluding carboxylic acids is 1. The van der Waals surface area contributed by atoms with Gasteiger partial charge in [0.05, 0.1) is 6.20 Å². The van der Waals surface area contributed by atoms with Crippen molar-refractivity contribution in [3.8, 4) is 0 Å². The molecule has 1 heterocycles. The Kier molecular flexibility index (Phi) is 3.42. The standard InChI is InChI=1S/C12H11N3O2/c16-11(9-4-2-1-3-5-9)12(17)15-10-8-13-6-7-14-10/h1-8,12,17H,(H,14,15). The van der Waals surface area contributed by atoms with Crippen LogP contribution >= 0.6 is 0 Å². The summed E-state index contributed by atoms with van der Waals surface area (Å²) in [5, 5.41) is 12.3. The number of benzene rings is 1. The maximum absolute atomic E-state index is 11.8. The van der Waals surface area contributed by atoms with E-state index in [4.69, 9.17) is 0 Å². The van der Waals surface area contributed by atoms with Crippen LogP contribution in [0.1, 0.15) is 10.4 Å². The summed E-state index contributed by atoms with van der Waals surface area (Å²) in [6.45, 7) is 0. The molecule has 5 nitrogen and oxygen atoms in total. The monoisotopic (exact) mass is 229 g/mol. The normalized spacial score (nSPS) is 11.8. The molecule has 17 heavy (non-hydrogen) atoms. The largest absolute Gasteiger partial charge is 0.367 e. The Bertz CT molecular complexity index is 488. The molecule has 0 bridgehead atoms. The lowest BCUT2D eigenvalue weighted by molar-refractivity contribution is 0.0793. The van der Waals surface area contributed by atoms with Gasteiger partial charge in [-0.1, -0.05) is 30.3 Å². The van der Waals surface area contributed by atoms with Crippen LogP contribution in [-0.4, -0.2) is 27.1 Å². The van der Waals surface area contributed by atoms with Crippen molar-refractivity contribution >= 4 is 11.6 Å². The fraction of sp³-hybridized carbons (Fsp3) is 0.0833. The van der Waals surface area contributed by atoms with Gasteiger partial charge in [0.15, 0.2) is 6.23 Å². The lowest BCUT2D eigenvalue weighted by atomic mass is 10.1. The number of aromatic nitrogens is 2. The summed E-state index contributed by atoms with van der Waals surface area (Å²) >= 11 is 0. The molecule has 0 saturated carbocycles. The quantitative estimate of drug-likeness (QED) is 0.606. The van der Waals surface area contributed by atoms with Gasteiger partial charge in [0.25, 0.3) is 0 Å². The smallest absolute Gasteiger partial charge is 0.211 e. The van der Waals surface area contributed by atoms with E-state index in [9.17, 15) is 9.90 Å². The Morgan fingerprint density at radius 1 is 1.24 bits per heavy atom. The van der Waals surface area contributed by atoms with Gasteiger partial charge in [0, 0.05) is 18.0 Å². The lowest BCUT2D eigenvalue weighted by Gasteiger charge is -2.11. The molecule has 5 heteroatoms. The number of anilines is 1. The first-order valence-electron chi connectivity index (χ1n) is 5.07. The first kappa shape index (κ1) is 11.2. The molecule has 2 aromatic rings. The van der Waals surface area contributed by atoms with Crippen molar-refractivity contribution in [2.75, 3.05) is 5.32 Å². The molecule has 2 N–H and O–H groups in total. The van der Waals surface area contributed by atoms with E-state index in [1.165, 1.54) is 18.6 Å². The van der Waals surface area contributed by atoms with Gasteiger partial charge < -0.3 is 10.4 Å². The van der Waals surface area contributed by atoms with Crippen LogP contribution in [0, 0.1) is 0 Å². The molecule has 1 aromatic heterocycles. The van der Waals surface area contributed by atoms with Crippen molar-refractivity contribution in [2.24, 2.45) is 0 Å². The number of rotatable bonds is 4. The van der Waals surface area contributed by atoms with Gasteiger partial charge >= 0.3 is 0 Å². The summed E-state index contributed by atoms with van der Waals surface area (Å²) in [6.07, 6.45) is 3.09. The van der Waals surface area contributed by atoms with Gasteiger partial charge in [-0.05, 0) is 0 Å². The van der Waals surface area contributed by atoms with Crippen LogP contribution < -0.4 is 5.32 Å². The van der Waals surface area contributed by atoms with Gasteiger partial charge in [0.1, 0.15) is 5.82 Å². The highest BCUT2D eigenvalue weighted by Gasteiger charge is 2.16. The first-order valence-corrected chi connectivity index (χ1v) is 5.07. The Hall–Kier alpha value is -2.27. The van der Waals surface area contributed by atoms with Crippen molar-refractivity contribution in [1.29, 1.82) is 0 Å². The average molecular weight is 229 g/mol. The number of hydrogen-bond acceptors (Lipinski definition) is 5. The highest BCUT2D eigenvalue weighted by Crippen LogP contribution is 2.06. The zero-order valence-electron chi connectivity index (χ0n) is 8.95. The molecule has 0 aliphatic rings. The van der Waals surface area contributed by atoms with Gasteiger partial charge in [0.2, 0.25) is 5.78 Å². The van der Waals surface area contributed by atoms with E-state index in [1.54, 1.807) is 30.3 Å². The van der Waals surface area contributed by atoms with Crippen molar-refractivity contribution < 1.29 is 9.90 Å². The number of ketones is 1. The summed E-state index contributed by atoms with van der Waals surface area (Å²) in [4.78, 5) is 19.5. The Balaban J connectivity index is 2.06. The summed E-state index contributed by atoms with van der Waals surface area (Å²) < 4.78 is 0. The predicted octanol–water partition coefficient (Wildman–Crippen LogP) is 1.09. The minimum Gasteiger partial charge on any atom is -0.367 e. The van der Waals surface area contributed by atoms with Crippen molar-refractivity contribution in [3.63, 3.8) is 0 Å². The molecule has 1 unspecified atom stereocenters. The Labute approximate surface area is 98.2 Å². The second kappa shape index (κ2) is 5.18. The van der Waals surface area contributed by atoms with E-state index in [1.807, 2.05) is 0 Å². The minimum atomic E-state index is -1.32. The molecule has 0 saturated heterocycles. The topological polar surface area (TPSA) is 75.1 Å².